The van der Waals surface area contributed by atoms with Gasteiger partial charge in [-0.25, -0.2) is 0 Å². The molecule has 3 atom stereocenters. The summed E-state index contributed by atoms with van der Waals surface area (Å²) in [5.74, 6) is 0.836. The highest BCUT2D eigenvalue weighted by molar-refractivity contribution is 5.83. The Morgan fingerprint density at radius 2 is 1.96 bits per heavy atom. The van der Waals surface area contributed by atoms with E-state index in [9.17, 15) is 4.79 Å². The molecule has 0 spiro atoms. The quantitative estimate of drug-likeness (QED) is 0.859. The molecule has 24 heavy (non-hydrogen) atoms. The van der Waals surface area contributed by atoms with Gasteiger partial charge in [0.15, 0.2) is 0 Å². The van der Waals surface area contributed by atoms with E-state index in [1.54, 1.807) is 0 Å². The van der Waals surface area contributed by atoms with Gasteiger partial charge in [-0.2, -0.15) is 5.26 Å². The van der Waals surface area contributed by atoms with Crippen LogP contribution in [-0.2, 0) is 4.79 Å². The zero-order valence-electron chi connectivity index (χ0n) is 14.3. The van der Waals surface area contributed by atoms with Crippen molar-refractivity contribution in [3.8, 4) is 6.07 Å². The lowest BCUT2D eigenvalue weighted by atomic mass is 9.90. The maximum atomic E-state index is 12.9. The average molecular weight is 323 g/mol. The second-order valence-corrected chi connectivity index (χ2v) is 7.64. The Morgan fingerprint density at radius 3 is 2.54 bits per heavy atom. The van der Waals surface area contributed by atoms with Crippen LogP contribution in [0.5, 0.6) is 0 Å². The van der Waals surface area contributed by atoms with Crippen LogP contribution in [0.3, 0.4) is 0 Å². The lowest BCUT2D eigenvalue weighted by molar-refractivity contribution is -0.138. The van der Waals surface area contributed by atoms with Crippen molar-refractivity contribution in [2.75, 3.05) is 19.6 Å². The summed E-state index contributed by atoms with van der Waals surface area (Å²) in [6.07, 6.45) is 5.00. The molecule has 1 saturated heterocycles. The van der Waals surface area contributed by atoms with Crippen molar-refractivity contribution in [2.45, 2.75) is 50.6 Å². The first-order valence-electron chi connectivity index (χ1n) is 9.22. The second kappa shape index (κ2) is 6.22. The van der Waals surface area contributed by atoms with Crippen molar-refractivity contribution in [1.82, 2.24) is 9.80 Å². The van der Waals surface area contributed by atoms with Crippen molar-refractivity contribution < 1.29 is 4.79 Å². The van der Waals surface area contributed by atoms with Crippen LogP contribution in [0.15, 0.2) is 24.3 Å². The second-order valence-electron chi connectivity index (χ2n) is 7.64. The van der Waals surface area contributed by atoms with E-state index >= 15 is 0 Å². The fourth-order valence-electron chi connectivity index (χ4n) is 4.25. The summed E-state index contributed by atoms with van der Waals surface area (Å²) in [6, 6.07) is 11.0. The van der Waals surface area contributed by atoms with Crippen molar-refractivity contribution in [3.05, 3.63) is 35.4 Å². The van der Waals surface area contributed by atoms with Gasteiger partial charge >= 0.3 is 0 Å². The monoisotopic (exact) mass is 323 g/mol. The van der Waals surface area contributed by atoms with E-state index < -0.39 is 0 Å². The van der Waals surface area contributed by atoms with Gasteiger partial charge in [-0.3, -0.25) is 9.69 Å². The minimum atomic E-state index is 0.149. The third-order valence-electron chi connectivity index (χ3n) is 6.11. The summed E-state index contributed by atoms with van der Waals surface area (Å²) in [5.41, 5.74) is 1.89. The SMILES string of the molecule is C[C@@H]1CN(C2CCC2)CCN1C(=O)[C@H]1C[C@@H]1c1ccc(C#N)cc1. The number of rotatable bonds is 3. The van der Waals surface area contributed by atoms with E-state index in [4.69, 9.17) is 5.26 Å². The normalized spacial score (nSPS) is 30.5. The number of carbonyl (C=O) groups excluding carboxylic acids is 1. The molecule has 4 heteroatoms. The average Bonchev–Trinajstić information content (AvgIpc) is 3.33. The standard InChI is InChI=1S/C20H25N3O/c1-14-13-22(17-3-2-4-17)9-10-23(14)20(24)19-11-18(19)16-7-5-15(12-21)6-8-16/h5-8,14,17-19H,2-4,9-11,13H2,1H3/t14-,18-,19+/m1/s1. The number of nitriles is 1. The smallest absolute Gasteiger partial charge is 0.226 e. The molecular weight excluding hydrogens is 298 g/mol. The number of carbonyl (C=O) groups is 1. The van der Waals surface area contributed by atoms with Crippen molar-refractivity contribution in [1.29, 1.82) is 5.26 Å². The first kappa shape index (κ1) is 15.7. The van der Waals surface area contributed by atoms with E-state index in [1.807, 2.05) is 24.3 Å². The highest BCUT2D eigenvalue weighted by atomic mass is 16.2. The zero-order valence-corrected chi connectivity index (χ0v) is 14.3. The maximum absolute atomic E-state index is 12.9. The van der Waals surface area contributed by atoms with Crippen molar-refractivity contribution in [3.63, 3.8) is 0 Å². The fourth-order valence-corrected chi connectivity index (χ4v) is 4.25. The van der Waals surface area contributed by atoms with E-state index in [-0.39, 0.29) is 5.92 Å². The molecule has 1 aromatic rings. The van der Waals surface area contributed by atoms with Gasteiger partial charge in [0.05, 0.1) is 11.6 Å². The Kier molecular flexibility index (Phi) is 4.05. The van der Waals surface area contributed by atoms with E-state index in [1.165, 1.54) is 24.8 Å². The van der Waals surface area contributed by atoms with Gasteiger partial charge in [-0.15, -0.1) is 0 Å². The Labute approximate surface area is 144 Å². The largest absolute Gasteiger partial charge is 0.337 e. The lowest BCUT2D eigenvalue weighted by Gasteiger charge is -2.46. The topological polar surface area (TPSA) is 47.3 Å². The molecular formula is C20H25N3O. The van der Waals surface area contributed by atoms with E-state index in [0.29, 0.717) is 23.4 Å². The molecule has 1 heterocycles. The molecule has 2 aliphatic carbocycles. The van der Waals surface area contributed by atoms with Crippen molar-refractivity contribution in [2.24, 2.45) is 5.92 Å². The van der Waals surface area contributed by atoms with Gasteiger partial charge in [0.25, 0.3) is 0 Å². The summed E-state index contributed by atoms with van der Waals surface area (Å²) in [6.45, 7) is 5.15. The molecule has 1 amide bonds. The van der Waals surface area contributed by atoms with Crippen molar-refractivity contribution >= 4 is 5.91 Å². The van der Waals surface area contributed by atoms with Gasteiger partial charge in [0, 0.05) is 37.6 Å². The minimum Gasteiger partial charge on any atom is -0.337 e. The molecule has 1 aliphatic heterocycles. The summed E-state index contributed by atoms with van der Waals surface area (Å²) in [4.78, 5) is 17.6. The predicted molar refractivity (Wildman–Crippen MR) is 92.4 cm³/mol. The molecule has 3 aliphatic rings. The third-order valence-corrected chi connectivity index (χ3v) is 6.11. The highest BCUT2D eigenvalue weighted by Gasteiger charge is 2.47. The van der Waals surface area contributed by atoms with Gasteiger partial charge in [-0.1, -0.05) is 18.6 Å². The van der Waals surface area contributed by atoms with Crippen LogP contribution in [-0.4, -0.2) is 47.4 Å². The number of hydrogen-bond acceptors (Lipinski definition) is 3. The van der Waals surface area contributed by atoms with Gasteiger partial charge in [0.1, 0.15) is 0 Å². The Morgan fingerprint density at radius 1 is 1.21 bits per heavy atom. The number of amides is 1. The first-order valence-corrected chi connectivity index (χ1v) is 9.22. The third kappa shape index (κ3) is 2.82. The van der Waals surface area contributed by atoms with Crippen LogP contribution >= 0.6 is 0 Å². The molecule has 0 N–H and O–H groups in total. The first-order chi connectivity index (χ1) is 11.7. The molecule has 1 aromatic carbocycles. The number of hydrogen-bond donors (Lipinski definition) is 0. The Balaban J connectivity index is 1.35. The fraction of sp³-hybridized carbons (Fsp3) is 0.600. The van der Waals surface area contributed by atoms with Crippen LogP contribution in [0, 0.1) is 17.2 Å². The molecule has 2 saturated carbocycles. The van der Waals surface area contributed by atoms with Crippen LogP contribution in [0.4, 0.5) is 0 Å². The summed E-state index contributed by atoms with van der Waals surface area (Å²) in [5, 5.41) is 8.89. The van der Waals surface area contributed by atoms with Crippen LogP contribution < -0.4 is 0 Å². The Bertz CT molecular complexity index is 658. The zero-order chi connectivity index (χ0) is 16.7. The van der Waals surface area contributed by atoms with E-state index in [2.05, 4.69) is 22.8 Å². The van der Waals surface area contributed by atoms with Gasteiger partial charge in [0.2, 0.25) is 5.91 Å². The predicted octanol–water partition coefficient (Wildman–Crippen LogP) is 2.75. The van der Waals surface area contributed by atoms with Crippen LogP contribution in [0.2, 0.25) is 0 Å². The number of nitrogens with zero attached hydrogens (tertiary/aromatic N) is 3. The number of piperazine rings is 1. The Hall–Kier alpha value is -1.86. The molecule has 4 rings (SSSR count). The maximum Gasteiger partial charge on any atom is 0.226 e. The summed E-state index contributed by atoms with van der Waals surface area (Å²) < 4.78 is 0. The number of benzene rings is 1. The van der Waals surface area contributed by atoms with Crippen LogP contribution in [0.1, 0.15) is 49.7 Å². The van der Waals surface area contributed by atoms with Gasteiger partial charge in [-0.05, 0) is 49.8 Å². The molecule has 3 fully saturated rings. The molecule has 4 nitrogen and oxygen atoms in total. The summed E-state index contributed by atoms with van der Waals surface area (Å²) in [7, 11) is 0. The lowest BCUT2D eigenvalue weighted by Crippen LogP contribution is -2.58. The van der Waals surface area contributed by atoms with Gasteiger partial charge < -0.3 is 4.90 Å². The molecule has 0 radical (unpaired) electrons. The summed E-state index contributed by atoms with van der Waals surface area (Å²) >= 11 is 0. The van der Waals surface area contributed by atoms with Crippen LogP contribution in [0.25, 0.3) is 0 Å². The molecule has 0 aromatic heterocycles. The molecule has 0 unspecified atom stereocenters. The van der Waals surface area contributed by atoms with E-state index in [0.717, 1.165) is 32.1 Å². The minimum absolute atomic E-state index is 0.149. The molecule has 126 valence electrons. The highest BCUT2D eigenvalue weighted by Crippen LogP contribution is 2.48. The molecule has 0 bridgehead atoms.